The van der Waals surface area contributed by atoms with Crippen LogP contribution in [0.3, 0.4) is 0 Å². The first-order valence-electron chi connectivity index (χ1n) is 3.84. The van der Waals surface area contributed by atoms with Gasteiger partial charge in [0, 0.05) is 5.56 Å². The summed E-state index contributed by atoms with van der Waals surface area (Å²) < 4.78 is 0. The van der Waals surface area contributed by atoms with Gasteiger partial charge < -0.3 is 5.73 Å². The van der Waals surface area contributed by atoms with Crippen LogP contribution in [0.2, 0.25) is 0 Å². The minimum atomic E-state index is 0.264. The fourth-order valence-electron chi connectivity index (χ4n) is 1.00. The standard InChI is InChI=1S/C8H9N5/c9-8-12-10-7(11-13-8)6-4-2-1-3-5-6/h1-5H,(H,10,11)(H3,9,12,13). The largest absolute Gasteiger partial charge is 0.367 e. The zero-order chi connectivity index (χ0) is 9.10. The molecule has 0 aliphatic carbocycles. The number of nitrogens with zero attached hydrogens (tertiary/aromatic N) is 2. The van der Waals surface area contributed by atoms with Crippen LogP contribution in [-0.4, -0.2) is 11.8 Å². The molecular weight excluding hydrogens is 166 g/mol. The van der Waals surface area contributed by atoms with E-state index in [1.165, 1.54) is 0 Å². The van der Waals surface area contributed by atoms with Crippen LogP contribution >= 0.6 is 0 Å². The molecule has 0 unspecified atom stereocenters. The van der Waals surface area contributed by atoms with Gasteiger partial charge in [-0.25, -0.2) is 5.43 Å². The molecule has 1 aromatic carbocycles. The van der Waals surface area contributed by atoms with Crippen molar-refractivity contribution < 1.29 is 0 Å². The fraction of sp³-hybridized carbons (Fsp3) is 0. The first-order valence-corrected chi connectivity index (χ1v) is 3.84. The van der Waals surface area contributed by atoms with Gasteiger partial charge in [0.2, 0.25) is 5.96 Å². The van der Waals surface area contributed by atoms with E-state index in [4.69, 9.17) is 5.73 Å². The van der Waals surface area contributed by atoms with Crippen molar-refractivity contribution in [1.29, 1.82) is 0 Å². The molecule has 2 rings (SSSR count). The highest BCUT2D eigenvalue weighted by Gasteiger charge is 2.05. The molecule has 4 N–H and O–H groups in total. The van der Waals surface area contributed by atoms with Gasteiger partial charge in [0.25, 0.3) is 0 Å². The lowest BCUT2D eigenvalue weighted by atomic mass is 10.2. The molecule has 1 aromatic rings. The van der Waals surface area contributed by atoms with Crippen LogP contribution < -0.4 is 16.6 Å². The number of benzene rings is 1. The Morgan fingerprint density at radius 1 is 1.00 bits per heavy atom. The van der Waals surface area contributed by atoms with Crippen LogP contribution in [0.4, 0.5) is 0 Å². The monoisotopic (exact) mass is 175 g/mol. The molecule has 0 amide bonds. The molecule has 1 aliphatic rings. The van der Waals surface area contributed by atoms with Crippen LogP contribution in [0, 0.1) is 0 Å². The summed E-state index contributed by atoms with van der Waals surface area (Å²) in [5, 5.41) is 7.77. The van der Waals surface area contributed by atoms with E-state index >= 15 is 0 Å². The van der Waals surface area contributed by atoms with E-state index in [9.17, 15) is 0 Å². The lowest BCUT2D eigenvalue weighted by Crippen LogP contribution is -2.38. The smallest absolute Gasteiger partial charge is 0.232 e. The molecule has 0 aromatic heterocycles. The lowest BCUT2D eigenvalue weighted by Gasteiger charge is -2.11. The minimum Gasteiger partial charge on any atom is -0.367 e. The van der Waals surface area contributed by atoms with Gasteiger partial charge in [-0.2, -0.15) is 5.10 Å². The van der Waals surface area contributed by atoms with Crippen molar-refractivity contribution in [3.05, 3.63) is 35.9 Å². The number of nitrogens with one attached hydrogen (secondary N) is 2. The van der Waals surface area contributed by atoms with Crippen molar-refractivity contribution in [2.24, 2.45) is 15.9 Å². The summed E-state index contributed by atoms with van der Waals surface area (Å²) in [6.07, 6.45) is 0. The second-order valence-electron chi connectivity index (χ2n) is 2.55. The second kappa shape index (κ2) is 3.14. The molecule has 1 aliphatic heterocycles. The van der Waals surface area contributed by atoms with Gasteiger partial charge >= 0.3 is 0 Å². The third kappa shape index (κ3) is 1.58. The van der Waals surface area contributed by atoms with Gasteiger partial charge in [0.1, 0.15) is 0 Å². The maximum Gasteiger partial charge on any atom is 0.232 e. The fourth-order valence-corrected chi connectivity index (χ4v) is 1.00. The van der Waals surface area contributed by atoms with Gasteiger partial charge in [-0.05, 0) is 0 Å². The van der Waals surface area contributed by atoms with Crippen LogP contribution in [0.5, 0.6) is 0 Å². The highest BCUT2D eigenvalue weighted by molar-refractivity contribution is 6.01. The Balaban J connectivity index is 2.21. The van der Waals surface area contributed by atoms with Crippen molar-refractivity contribution >= 4 is 11.8 Å². The Morgan fingerprint density at radius 2 is 1.77 bits per heavy atom. The summed E-state index contributed by atoms with van der Waals surface area (Å²) in [5.74, 6) is 0.925. The third-order valence-electron chi connectivity index (χ3n) is 1.61. The molecule has 0 bridgehead atoms. The van der Waals surface area contributed by atoms with Crippen LogP contribution in [0.15, 0.2) is 40.5 Å². The number of rotatable bonds is 1. The predicted molar refractivity (Wildman–Crippen MR) is 50.9 cm³/mol. The summed E-state index contributed by atoms with van der Waals surface area (Å²) in [4.78, 5) is 0. The number of hydrogen-bond donors (Lipinski definition) is 3. The van der Waals surface area contributed by atoms with Gasteiger partial charge in [-0.1, -0.05) is 30.3 Å². The van der Waals surface area contributed by atoms with E-state index < -0.39 is 0 Å². The average molecular weight is 175 g/mol. The summed E-state index contributed by atoms with van der Waals surface area (Å²) in [6, 6.07) is 9.68. The molecule has 5 heteroatoms. The van der Waals surface area contributed by atoms with Gasteiger partial charge in [-0.3, -0.25) is 5.43 Å². The molecule has 0 saturated heterocycles. The predicted octanol–water partition coefficient (Wildman–Crippen LogP) is -0.229. The van der Waals surface area contributed by atoms with E-state index in [1.54, 1.807) is 0 Å². The van der Waals surface area contributed by atoms with E-state index in [0.717, 1.165) is 5.56 Å². The van der Waals surface area contributed by atoms with Crippen molar-refractivity contribution in [2.45, 2.75) is 0 Å². The molecule has 1 heterocycles. The highest BCUT2D eigenvalue weighted by atomic mass is 15.5. The molecule has 0 radical (unpaired) electrons. The normalized spacial score (nSPS) is 15.1. The van der Waals surface area contributed by atoms with Gasteiger partial charge in [-0.15, -0.1) is 5.10 Å². The minimum absolute atomic E-state index is 0.264. The van der Waals surface area contributed by atoms with E-state index in [0.29, 0.717) is 5.84 Å². The van der Waals surface area contributed by atoms with Crippen LogP contribution in [0.1, 0.15) is 5.56 Å². The summed E-state index contributed by atoms with van der Waals surface area (Å²) >= 11 is 0. The summed E-state index contributed by atoms with van der Waals surface area (Å²) in [5.41, 5.74) is 11.6. The number of hydrogen-bond acceptors (Lipinski definition) is 5. The molecule has 5 nitrogen and oxygen atoms in total. The first kappa shape index (κ1) is 7.60. The maximum absolute atomic E-state index is 5.34. The van der Waals surface area contributed by atoms with Crippen LogP contribution in [0.25, 0.3) is 0 Å². The topological polar surface area (TPSA) is 74.8 Å². The molecule has 0 saturated carbocycles. The molecule has 0 spiro atoms. The second-order valence-corrected chi connectivity index (χ2v) is 2.55. The van der Waals surface area contributed by atoms with Crippen molar-refractivity contribution in [2.75, 3.05) is 0 Å². The number of amidine groups is 1. The molecule has 0 atom stereocenters. The lowest BCUT2D eigenvalue weighted by molar-refractivity contribution is 0.872. The Labute approximate surface area is 75.3 Å². The van der Waals surface area contributed by atoms with Crippen molar-refractivity contribution in [3.8, 4) is 0 Å². The number of nitrogens with two attached hydrogens (primary N) is 1. The average Bonchev–Trinajstić information content (AvgIpc) is 2.20. The number of hydrazone groups is 2. The number of guanidine groups is 1. The quantitative estimate of drug-likeness (QED) is 0.552. The summed E-state index contributed by atoms with van der Waals surface area (Å²) in [6.45, 7) is 0. The molecule has 66 valence electrons. The Morgan fingerprint density at radius 3 is 2.38 bits per heavy atom. The molecule has 13 heavy (non-hydrogen) atoms. The van der Waals surface area contributed by atoms with E-state index in [1.807, 2.05) is 30.3 Å². The van der Waals surface area contributed by atoms with Crippen molar-refractivity contribution in [3.63, 3.8) is 0 Å². The third-order valence-corrected chi connectivity index (χ3v) is 1.61. The summed E-state index contributed by atoms with van der Waals surface area (Å²) in [7, 11) is 0. The van der Waals surface area contributed by atoms with Crippen molar-refractivity contribution in [1.82, 2.24) is 10.9 Å². The Kier molecular flexibility index (Phi) is 1.84. The van der Waals surface area contributed by atoms with Gasteiger partial charge in [0.15, 0.2) is 5.84 Å². The maximum atomic E-state index is 5.34. The molecule has 0 fully saturated rings. The zero-order valence-electron chi connectivity index (χ0n) is 6.86. The first-order chi connectivity index (χ1) is 6.36. The van der Waals surface area contributed by atoms with Gasteiger partial charge in [0.05, 0.1) is 0 Å². The Bertz CT molecular complexity index is 354. The van der Waals surface area contributed by atoms with Crippen LogP contribution in [-0.2, 0) is 0 Å². The molecular formula is C8H9N5. The van der Waals surface area contributed by atoms with E-state index in [-0.39, 0.29) is 5.96 Å². The SMILES string of the molecule is NC1=NNC(c2ccccc2)=NN1. The highest BCUT2D eigenvalue weighted by Crippen LogP contribution is 1.99. The van der Waals surface area contributed by atoms with E-state index in [2.05, 4.69) is 21.1 Å². The Hall–Kier alpha value is -2.04. The zero-order valence-corrected chi connectivity index (χ0v) is 6.86.